The summed E-state index contributed by atoms with van der Waals surface area (Å²) in [6.07, 6.45) is -0.574. The van der Waals surface area contributed by atoms with E-state index < -0.39 is 6.10 Å². The highest BCUT2D eigenvalue weighted by Crippen LogP contribution is 2.22. The van der Waals surface area contributed by atoms with E-state index in [0.717, 1.165) is 22.7 Å². The molecule has 0 saturated carbocycles. The third-order valence-electron chi connectivity index (χ3n) is 4.09. The lowest BCUT2D eigenvalue weighted by atomic mass is 10.0. The lowest BCUT2D eigenvalue weighted by Crippen LogP contribution is -2.25. The Morgan fingerprint density at radius 1 is 1.36 bits per heavy atom. The Bertz CT molecular complexity index is 637. The maximum Gasteiger partial charge on any atom is 0.119 e. The lowest BCUT2D eigenvalue weighted by molar-refractivity contribution is 0.170. The van der Waals surface area contributed by atoms with Crippen LogP contribution in [0.5, 0.6) is 5.75 Å². The van der Waals surface area contributed by atoms with Gasteiger partial charge in [-0.05, 0) is 38.5 Å². The van der Waals surface area contributed by atoms with Gasteiger partial charge in [0.2, 0.25) is 0 Å². The minimum Gasteiger partial charge on any atom is -0.497 e. The van der Waals surface area contributed by atoms with Crippen LogP contribution in [0.3, 0.4) is 0 Å². The number of aromatic nitrogens is 2. The van der Waals surface area contributed by atoms with E-state index >= 15 is 0 Å². The van der Waals surface area contributed by atoms with Gasteiger partial charge in [-0.3, -0.25) is 4.68 Å². The van der Waals surface area contributed by atoms with Gasteiger partial charge in [0.25, 0.3) is 0 Å². The molecule has 2 atom stereocenters. The molecule has 5 nitrogen and oxygen atoms in total. The van der Waals surface area contributed by atoms with E-state index in [-0.39, 0.29) is 6.04 Å². The zero-order valence-electron chi connectivity index (χ0n) is 13.9. The summed E-state index contributed by atoms with van der Waals surface area (Å²) in [5.41, 5.74) is 4.21. The Labute approximate surface area is 131 Å². The van der Waals surface area contributed by atoms with Gasteiger partial charge in [0.05, 0.1) is 18.9 Å². The normalized spacial score (nSPS) is 13.9. The van der Waals surface area contributed by atoms with E-state index in [1.165, 1.54) is 5.56 Å². The molecule has 2 N–H and O–H groups in total. The fraction of sp³-hybridized carbons (Fsp3) is 0.471. The average Bonchev–Trinajstić information content (AvgIpc) is 2.77. The molecule has 1 heterocycles. The number of methoxy groups -OCH3 is 1. The summed E-state index contributed by atoms with van der Waals surface area (Å²) in [4.78, 5) is 0. The average molecular weight is 303 g/mol. The van der Waals surface area contributed by atoms with Crippen molar-refractivity contribution in [2.75, 3.05) is 13.7 Å². The van der Waals surface area contributed by atoms with Crippen molar-refractivity contribution in [1.29, 1.82) is 0 Å². The van der Waals surface area contributed by atoms with Gasteiger partial charge in [-0.15, -0.1) is 0 Å². The fourth-order valence-electron chi connectivity index (χ4n) is 2.77. The molecule has 5 heteroatoms. The van der Waals surface area contributed by atoms with Crippen molar-refractivity contribution < 1.29 is 9.84 Å². The number of rotatable bonds is 6. The number of aliphatic hydroxyl groups is 1. The summed E-state index contributed by atoms with van der Waals surface area (Å²) in [6, 6.07) is 7.65. The fourth-order valence-corrected chi connectivity index (χ4v) is 2.77. The molecule has 0 radical (unpaired) electrons. The molecule has 0 spiro atoms. The highest BCUT2D eigenvalue weighted by Gasteiger charge is 2.17. The van der Waals surface area contributed by atoms with Crippen LogP contribution in [0.1, 0.15) is 41.6 Å². The van der Waals surface area contributed by atoms with Crippen molar-refractivity contribution >= 4 is 0 Å². The summed E-state index contributed by atoms with van der Waals surface area (Å²) in [6.45, 7) is 6.64. The molecule has 0 aliphatic rings. The van der Waals surface area contributed by atoms with Crippen LogP contribution in [0.4, 0.5) is 0 Å². The van der Waals surface area contributed by atoms with Crippen molar-refractivity contribution in [3.8, 4) is 5.75 Å². The molecule has 0 bridgehead atoms. The van der Waals surface area contributed by atoms with E-state index in [1.807, 2.05) is 42.9 Å². The zero-order valence-corrected chi connectivity index (χ0v) is 13.9. The van der Waals surface area contributed by atoms with Gasteiger partial charge in [-0.25, -0.2) is 0 Å². The Kier molecular flexibility index (Phi) is 5.21. The predicted octanol–water partition coefficient (Wildman–Crippen LogP) is 2.43. The molecular formula is C17H25N3O2. The second kappa shape index (κ2) is 6.94. The van der Waals surface area contributed by atoms with Crippen molar-refractivity contribution in [2.24, 2.45) is 7.05 Å². The second-order valence-electron chi connectivity index (χ2n) is 5.63. The second-order valence-corrected chi connectivity index (χ2v) is 5.63. The van der Waals surface area contributed by atoms with Gasteiger partial charge in [0.15, 0.2) is 0 Å². The van der Waals surface area contributed by atoms with Gasteiger partial charge in [-0.2, -0.15) is 5.10 Å². The number of aliphatic hydroxyl groups excluding tert-OH is 1. The van der Waals surface area contributed by atoms with Gasteiger partial charge in [0, 0.05) is 30.9 Å². The first kappa shape index (κ1) is 16.5. The lowest BCUT2D eigenvalue weighted by Gasteiger charge is -2.18. The van der Waals surface area contributed by atoms with E-state index in [4.69, 9.17) is 4.74 Å². The number of hydrogen-bond acceptors (Lipinski definition) is 4. The summed E-state index contributed by atoms with van der Waals surface area (Å²) < 4.78 is 7.08. The molecule has 0 saturated heterocycles. The van der Waals surface area contributed by atoms with Crippen LogP contribution in [-0.2, 0) is 7.05 Å². The summed E-state index contributed by atoms with van der Waals surface area (Å²) >= 11 is 0. The molecule has 0 fully saturated rings. The monoisotopic (exact) mass is 303 g/mol. The summed E-state index contributed by atoms with van der Waals surface area (Å²) in [5.74, 6) is 0.753. The largest absolute Gasteiger partial charge is 0.497 e. The van der Waals surface area contributed by atoms with Gasteiger partial charge in [0.1, 0.15) is 5.75 Å². The minimum atomic E-state index is -0.574. The maximum absolute atomic E-state index is 10.3. The zero-order chi connectivity index (χ0) is 16.3. The number of hydrogen-bond donors (Lipinski definition) is 2. The number of nitrogens with one attached hydrogen (secondary N) is 1. The highest BCUT2D eigenvalue weighted by atomic mass is 16.5. The number of benzene rings is 1. The molecule has 120 valence electrons. The topological polar surface area (TPSA) is 59.3 Å². The quantitative estimate of drug-likeness (QED) is 0.860. The standard InChI is InChI=1S/C17H25N3O2/c1-11(17-12(2)19-20(4)13(17)3)18-10-16(21)14-7-6-8-15(9-14)22-5/h6-9,11,16,18,21H,10H2,1-5H3. The third kappa shape index (κ3) is 3.48. The Morgan fingerprint density at radius 2 is 2.09 bits per heavy atom. The molecule has 2 unspecified atom stereocenters. The minimum absolute atomic E-state index is 0.133. The maximum atomic E-state index is 10.3. The SMILES string of the molecule is COc1cccc(C(O)CNC(C)c2c(C)nn(C)c2C)c1. The van der Waals surface area contributed by atoms with Crippen LogP contribution in [0, 0.1) is 13.8 Å². The van der Waals surface area contributed by atoms with Crippen molar-refractivity contribution in [1.82, 2.24) is 15.1 Å². The van der Waals surface area contributed by atoms with Crippen molar-refractivity contribution in [2.45, 2.75) is 32.9 Å². The van der Waals surface area contributed by atoms with E-state index in [9.17, 15) is 5.11 Å². The van der Waals surface area contributed by atoms with Crippen LogP contribution >= 0.6 is 0 Å². The van der Waals surface area contributed by atoms with Crippen LogP contribution < -0.4 is 10.1 Å². The molecule has 22 heavy (non-hydrogen) atoms. The van der Waals surface area contributed by atoms with Gasteiger partial charge >= 0.3 is 0 Å². The van der Waals surface area contributed by atoms with E-state index in [0.29, 0.717) is 6.54 Å². The molecule has 1 aromatic carbocycles. The molecule has 2 rings (SSSR count). The van der Waals surface area contributed by atoms with Crippen LogP contribution in [-0.4, -0.2) is 28.5 Å². The summed E-state index contributed by atoms with van der Waals surface area (Å²) in [5, 5.41) is 18.2. The molecular weight excluding hydrogens is 278 g/mol. The first-order valence-corrected chi connectivity index (χ1v) is 7.49. The van der Waals surface area contributed by atoms with Gasteiger partial charge in [-0.1, -0.05) is 12.1 Å². The first-order chi connectivity index (χ1) is 10.4. The van der Waals surface area contributed by atoms with Gasteiger partial charge < -0.3 is 15.2 Å². The number of nitrogens with zero attached hydrogens (tertiary/aromatic N) is 2. The van der Waals surface area contributed by atoms with E-state index in [2.05, 4.69) is 24.3 Å². The first-order valence-electron chi connectivity index (χ1n) is 7.49. The highest BCUT2D eigenvalue weighted by molar-refractivity contribution is 5.30. The van der Waals surface area contributed by atoms with Crippen LogP contribution in [0.25, 0.3) is 0 Å². The van der Waals surface area contributed by atoms with Crippen molar-refractivity contribution in [3.05, 3.63) is 46.8 Å². The van der Waals surface area contributed by atoms with Crippen molar-refractivity contribution in [3.63, 3.8) is 0 Å². The third-order valence-corrected chi connectivity index (χ3v) is 4.09. The molecule has 0 aliphatic heterocycles. The molecule has 2 aromatic rings. The molecule has 0 amide bonds. The molecule has 0 aliphatic carbocycles. The molecule has 1 aromatic heterocycles. The predicted molar refractivity (Wildman–Crippen MR) is 87.1 cm³/mol. The number of ether oxygens (including phenoxy) is 1. The van der Waals surface area contributed by atoms with E-state index in [1.54, 1.807) is 7.11 Å². The number of aryl methyl sites for hydroxylation is 2. The summed E-state index contributed by atoms with van der Waals surface area (Å²) in [7, 11) is 3.57. The van der Waals surface area contributed by atoms with Crippen LogP contribution in [0.15, 0.2) is 24.3 Å². The smallest absolute Gasteiger partial charge is 0.119 e. The van der Waals surface area contributed by atoms with Crippen LogP contribution in [0.2, 0.25) is 0 Å². The Morgan fingerprint density at radius 3 is 2.68 bits per heavy atom. The Balaban J connectivity index is 2.02. The Hall–Kier alpha value is -1.85.